The van der Waals surface area contributed by atoms with Gasteiger partial charge in [-0.15, -0.1) is 0 Å². The molecule has 0 aliphatic rings. The Hall–Kier alpha value is -3.35. The van der Waals surface area contributed by atoms with Gasteiger partial charge in [-0.05, 0) is 63.8 Å². The number of ether oxygens (including phenoxy) is 1. The number of nitrogens with zero attached hydrogens (tertiary/aromatic N) is 2. The van der Waals surface area contributed by atoms with E-state index in [1.807, 2.05) is 64.1 Å². The molecule has 7 heteroatoms. The van der Waals surface area contributed by atoms with Gasteiger partial charge >= 0.3 is 5.69 Å². The molecule has 0 radical (unpaired) electrons. The van der Waals surface area contributed by atoms with Gasteiger partial charge in [-0.2, -0.15) is 5.10 Å². The quantitative estimate of drug-likeness (QED) is 0.558. The number of aryl methyl sites for hydroxylation is 3. The van der Waals surface area contributed by atoms with E-state index in [0.717, 1.165) is 36.4 Å². The molecule has 1 heterocycles. The molecular weight excluding hydrogens is 394 g/mol. The van der Waals surface area contributed by atoms with Gasteiger partial charge in [-0.1, -0.05) is 42.0 Å². The molecule has 0 amide bonds. The van der Waals surface area contributed by atoms with Crippen molar-refractivity contribution >= 4 is 6.47 Å². The summed E-state index contributed by atoms with van der Waals surface area (Å²) in [5, 5.41) is 11.3. The van der Waals surface area contributed by atoms with E-state index in [0.29, 0.717) is 6.54 Å². The van der Waals surface area contributed by atoms with Gasteiger partial charge in [-0.25, -0.2) is 9.48 Å². The van der Waals surface area contributed by atoms with Crippen LogP contribution in [-0.4, -0.2) is 31.9 Å². The number of carbonyl (C=O) groups is 1. The van der Waals surface area contributed by atoms with Crippen LogP contribution in [-0.2, 0) is 24.2 Å². The van der Waals surface area contributed by atoms with E-state index in [1.165, 1.54) is 15.8 Å². The zero-order valence-corrected chi connectivity index (χ0v) is 18.6. The van der Waals surface area contributed by atoms with E-state index in [1.54, 1.807) is 0 Å². The topological polar surface area (TPSA) is 97.2 Å². The first-order valence-electron chi connectivity index (χ1n) is 10.3. The van der Waals surface area contributed by atoms with Crippen molar-refractivity contribution in [1.82, 2.24) is 14.8 Å². The van der Waals surface area contributed by atoms with E-state index in [4.69, 9.17) is 14.6 Å². The fourth-order valence-electron chi connectivity index (χ4n) is 3.03. The Morgan fingerprint density at radius 1 is 1.03 bits per heavy atom. The minimum Gasteiger partial charge on any atom is -0.488 e. The number of nitrogens with one attached hydrogen (secondary N) is 1. The molecule has 1 aromatic heterocycles. The summed E-state index contributed by atoms with van der Waals surface area (Å²) in [5.41, 5.74) is 3.19. The van der Waals surface area contributed by atoms with Gasteiger partial charge in [-0.3, -0.25) is 9.78 Å². The maximum atomic E-state index is 12.1. The zero-order valence-electron chi connectivity index (χ0n) is 18.6. The minimum absolute atomic E-state index is 0.153. The molecule has 0 unspecified atom stereocenters. The Bertz CT molecular complexity index is 997. The monoisotopic (exact) mass is 425 g/mol. The van der Waals surface area contributed by atoms with Gasteiger partial charge in [0.2, 0.25) is 0 Å². The van der Waals surface area contributed by atoms with E-state index >= 15 is 0 Å². The van der Waals surface area contributed by atoms with Crippen molar-refractivity contribution in [2.75, 3.05) is 0 Å². The number of aromatic amines is 1. The molecule has 3 rings (SSSR count). The first kappa shape index (κ1) is 23.9. The minimum atomic E-state index is -0.250. The summed E-state index contributed by atoms with van der Waals surface area (Å²) in [6.45, 7) is 8.41. The second-order valence-electron chi connectivity index (χ2n) is 8.34. The third-order valence-corrected chi connectivity index (χ3v) is 4.41. The standard InChI is InChI=1S/C23H29N3O2.CH2O2/c1-17-8-10-19(11-9-17)16-26-22(27)24-21(25-26)7-5-6-18-12-14-20(15-13-18)28-23(2,3)4;2-1-3/h8-15H,5-7,16H2,1-4H3,(H,24,25,27);1H,(H,2,3). The first-order chi connectivity index (χ1) is 14.7. The van der Waals surface area contributed by atoms with Gasteiger partial charge in [0.1, 0.15) is 17.2 Å². The Kier molecular flexibility index (Phi) is 8.61. The number of hydrogen-bond acceptors (Lipinski definition) is 4. The van der Waals surface area contributed by atoms with Crippen LogP contribution in [0.5, 0.6) is 5.75 Å². The van der Waals surface area contributed by atoms with E-state index in [-0.39, 0.29) is 17.8 Å². The molecular formula is C24H31N3O4. The van der Waals surface area contributed by atoms with Crippen LogP contribution >= 0.6 is 0 Å². The molecule has 166 valence electrons. The molecule has 0 aliphatic heterocycles. The Labute approximate surface area is 182 Å². The van der Waals surface area contributed by atoms with Crippen molar-refractivity contribution < 1.29 is 14.6 Å². The van der Waals surface area contributed by atoms with Crippen LogP contribution in [0, 0.1) is 6.92 Å². The van der Waals surface area contributed by atoms with Crippen LogP contribution in [0.15, 0.2) is 53.3 Å². The number of H-pyrrole nitrogens is 1. The molecule has 0 saturated carbocycles. The lowest BCUT2D eigenvalue weighted by molar-refractivity contribution is -0.122. The third kappa shape index (κ3) is 8.50. The molecule has 0 aliphatic carbocycles. The Morgan fingerprint density at radius 2 is 1.61 bits per heavy atom. The third-order valence-electron chi connectivity index (χ3n) is 4.41. The number of aromatic nitrogens is 3. The van der Waals surface area contributed by atoms with Crippen molar-refractivity contribution in [2.24, 2.45) is 0 Å². The Morgan fingerprint density at radius 3 is 2.19 bits per heavy atom. The average Bonchev–Trinajstić information content (AvgIpc) is 3.04. The largest absolute Gasteiger partial charge is 0.488 e. The van der Waals surface area contributed by atoms with Crippen LogP contribution in [0.3, 0.4) is 0 Å². The summed E-state index contributed by atoms with van der Waals surface area (Å²) in [6.07, 6.45) is 2.61. The normalized spacial score (nSPS) is 10.8. The molecule has 0 bridgehead atoms. The summed E-state index contributed by atoms with van der Waals surface area (Å²) < 4.78 is 7.35. The Balaban J connectivity index is 0.00000107. The van der Waals surface area contributed by atoms with Crippen molar-refractivity contribution in [3.63, 3.8) is 0 Å². The molecule has 0 atom stereocenters. The van der Waals surface area contributed by atoms with Crippen LogP contribution in [0.2, 0.25) is 0 Å². The molecule has 2 N–H and O–H groups in total. The number of hydrogen-bond donors (Lipinski definition) is 2. The van der Waals surface area contributed by atoms with Gasteiger partial charge in [0.05, 0.1) is 6.54 Å². The predicted octanol–water partition coefficient (Wildman–Crippen LogP) is 3.98. The molecule has 0 spiro atoms. The van der Waals surface area contributed by atoms with Gasteiger partial charge < -0.3 is 9.84 Å². The van der Waals surface area contributed by atoms with Crippen LogP contribution in [0.1, 0.15) is 49.7 Å². The van der Waals surface area contributed by atoms with Gasteiger partial charge in [0, 0.05) is 6.42 Å². The first-order valence-corrected chi connectivity index (χ1v) is 10.3. The number of benzene rings is 2. The maximum absolute atomic E-state index is 12.1. The molecule has 0 saturated heterocycles. The van der Waals surface area contributed by atoms with Crippen molar-refractivity contribution in [3.05, 3.63) is 81.5 Å². The summed E-state index contributed by atoms with van der Waals surface area (Å²) in [4.78, 5) is 23.4. The lowest BCUT2D eigenvalue weighted by Gasteiger charge is -2.21. The van der Waals surface area contributed by atoms with Gasteiger partial charge in [0.15, 0.2) is 0 Å². The van der Waals surface area contributed by atoms with Gasteiger partial charge in [0.25, 0.3) is 6.47 Å². The lowest BCUT2D eigenvalue weighted by atomic mass is 10.1. The fraction of sp³-hybridized carbons (Fsp3) is 0.375. The van der Waals surface area contributed by atoms with Crippen molar-refractivity contribution in [2.45, 2.75) is 59.1 Å². The van der Waals surface area contributed by atoms with E-state index < -0.39 is 0 Å². The summed E-state index contributed by atoms with van der Waals surface area (Å²) in [7, 11) is 0. The highest BCUT2D eigenvalue weighted by atomic mass is 16.5. The van der Waals surface area contributed by atoms with Crippen LogP contribution in [0.4, 0.5) is 0 Å². The molecule has 31 heavy (non-hydrogen) atoms. The number of carboxylic acid groups (broad SMARTS) is 1. The van der Waals surface area contributed by atoms with Crippen molar-refractivity contribution in [3.8, 4) is 5.75 Å². The zero-order chi connectivity index (χ0) is 22.9. The second-order valence-corrected chi connectivity index (χ2v) is 8.34. The highest BCUT2D eigenvalue weighted by Crippen LogP contribution is 2.19. The van der Waals surface area contributed by atoms with E-state index in [2.05, 4.69) is 22.2 Å². The summed E-state index contributed by atoms with van der Waals surface area (Å²) in [5.74, 6) is 1.63. The highest BCUT2D eigenvalue weighted by molar-refractivity contribution is 5.32. The van der Waals surface area contributed by atoms with Crippen LogP contribution < -0.4 is 10.4 Å². The molecule has 7 nitrogen and oxygen atoms in total. The second kappa shape index (κ2) is 11.2. The maximum Gasteiger partial charge on any atom is 0.343 e. The lowest BCUT2D eigenvalue weighted by Crippen LogP contribution is -2.22. The van der Waals surface area contributed by atoms with Crippen LogP contribution in [0.25, 0.3) is 0 Å². The number of rotatable bonds is 7. The SMILES string of the molecule is Cc1ccc(Cn2nc(CCCc3ccc(OC(C)(C)C)cc3)[nH]c2=O)cc1.O=CO. The predicted molar refractivity (Wildman–Crippen MR) is 121 cm³/mol. The molecule has 3 aromatic rings. The molecule has 2 aromatic carbocycles. The van der Waals surface area contributed by atoms with Crippen molar-refractivity contribution in [1.29, 1.82) is 0 Å². The molecule has 0 fully saturated rings. The summed E-state index contributed by atoms with van der Waals surface area (Å²) >= 11 is 0. The van der Waals surface area contributed by atoms with E-state index in [9.17, 15) is 4.79 Å². The smallest absolute Gasteiger partial charge is 0.343 e. The fourth-order valence-corrected chi connectivity index (χ4v) is 3.03. The average molecular weight is 426 g/mol. The highest BCUT2D eigenvalue weighted by Gasteiger charge is 2.11. The summed E-state index contributed by atoms with van der Waals surface area (Å²) in [6, 6.07) is 16.4.